The van der Waals surface area contributed by atoms with E-state index in [0.717, 1.165) is 24.3 Å². The molecule has 0 aliphatic rings. The standard InChI is InChI=1S/C10H9NO7S2.2Na/c11-8-3-6(19(13,14)15)1-5-2-7(20(16,17)18)4-9(12)10(5)8;;/h1-4,12H,11H2,(H,13,14,15)(H,16,17,18);;. The molecule has 0 atom stereocenters. The first-order valence-corrected chi connectivity index (χ1v) is 7.89. The molecule has 0 saturated carbocycles. The van der Waals surface area contributed by atoms with Crippen LogP contribution in [0.5, 0.6) is 5.75 Å². The largest absolute Gasteiger partial charge is 0.507 e. The summed E-state index contributed by atoms with van der Waals surface area (Å²) >= 11 is 0. The Balaban J connectivity index is 0.00000220. The average molecular weight is 365 g/mol. The molecule has 2 rings (SSSR count). The maximum atomic E-state index is 11.1. The van der Waals surface area contributed by atoms with Crippen molar-refractivity contribution in [2.45, 2.75) is 9.79 Å². The fraction of sp³-hybridized carbons (Fsp3) is 0. The van der Waals surface area contributed by atoms with E-state index in [1.54, 1.807) is 0 Å². The number of hydrogen-bond donors (Lipinski definition) is 4. The maximum Gasteiger partial charge on any atom is 0.294 e. The van der Waals surface area contributed by atoms with Crippen LogP contribution in [0.1, 0.15) is 0 Å². The minimum Gasteiger partial charge on any atom is -0.507 e. The van der Waals surface area contributed by atoms with Gasteiger partial charge >= 0.3 is 0 Å². The van der Waals surface area contributed by atoms with Crippen LogP contribution in [0.15, 0.2) is 34.1 Å². The molecule has 22 heavy (non-hydrogen) atoms. The van der Waals surface area contributed by atoms with Gasteiger partial charge < -0.3 is 10.8 Å². The summed E-state index contributed by atoms with van der Waals surface area (Å²) in [5.74, 6) is -0.547. The van der Waals surface area contributed by atoms with Crippen LogP contribution in [0, 0.1) is 0 Å². The molecule has 0 spiro atoms. The van der Waals surface area contributed by atoms with Crippen LogP contribution in [0.4, 0.5) is 5.69 Å². The zero-order chi connectivity index (χ0) is 15.3. The van der Waals surface area contributed by atoms with Crippen molar-refractivity contribution in [1.82, 2.24) is 0 Å². The Morgan fingerprint density at radius 2 is 1.23 bits per heavy atom. The summed E-state index contributed by atoms with van der Waals surface area (Å²) < 4.78 is 62.1. The molecule has 2 radical (unpaired) electrons. The summed E-state index contributed by atoms with van der Waals surface area (Å²) in [7, 11) is -9.14. The molecule has 0 unspecified atom stereocenters. The molecule has 0 aromatic heterocycles. The minimum atomic E-state index is -4.59. The van der Waals surface area contributed by atoms with Gasteiger partial charge in [0.2, 0.25) is 0 Å². The van der Waals surface area contributed by atoms with Crippen molar-refractivity contribution in [3.63, 3.8) is 0 Å². The van der Waals surface area contributed by atoms with E-state index in [9.17, 15) is 21.9 Å². The van der Waals surface area contributed by atoms with E-state index in [0.29, 0.717) is 0 Å². The van der Waals surface area contributed by atoms with Gasteiger partial charge in [-0.2, -0.15) is 16.8 Å². The van der Waals surface area contributed by atoms with Crippen LogP contribution < -0.4 is 5.73 Å². The third kappa shape index (κ3) is 4.57. The molecule has 0 saturated heterocycles. The van der Waals surface area contributed by atoms with E-state index in [1.807, 2.05) is 0 Å². The average Bonchev–Trinajstić information content (AvgIpc) is 2.25. The molecule has 2 aromatic carbocycles. The van der Waals surface area contributed by atoms with Crippen LogP contribution in [-0.2, 0) is 20.2 Å². The van der Waals surface area contributed by atoms with Crippen molar-refractivity contribution in [1.29, 1.82) is 0 Å². The van der Waals surface area contributed by atoms with Crippen LogP contribution >= 0.6 is 0 Å². The first kappa shape index (κ1) is 22.1. The van der Waals surface area contributed by atoms with Gasteiger partial charge in [0.25, 0.3) is 20.2 Å². The second-order valence-corrected chi connectivity index (χ2v) is 6.85. The molecule has 2 aromatic rings. The fourth-order valence-electron chi connectivity index (χ4n) is 1.77. The molecule has 0 bridgehead atoms. The Labute approximate surface area is 170 Å². The SMILES string of the molecule is Nc1cc(S(=O)(=O)O)cc2cc(S(=O)(=O)O)cc(O)c12.[Na].[Na]. The molecule has 0 aliphatic heterocycles. The topological polar surface area (TPSA) is 155 Å². The number of anilines is 1. The van der Waals surface area contributed by atoms with Gasteiger partial charge in [-0.15, -0.1) is 0 Å². The number of phenolic OH excluding ortho intramolecular Hbond substituents is 1. The van der Waals surface area contributed by atoms with E-state index in [-0.39, 0.29) is 75.6 Å². The van der Waals surface area contributed by atoms with Gasteiger partial charge in [-0.3, -0.25) is 9.11 Å². The number of hydrogen-bond acceptors (Lipinski definition) is 6. The number of benzene rings is 2. The van der Waals surface area contributed by atoms with Crippen molar-refractivity contribution in [3.05, 3.63) is 24.3 Å². The van der Waals surface area contributed by atoms with Gasteiger partial charge in [-0.1, -0.05) is 0 Å². The predicted octanol–water partition coefficient (Wildman–Crippen LogP) is -0.141. The minimum absolute atomic E-state index is 0. The molecular weight excluding hydrogens is 356 g/mol. The second-order valence-electron chi connectivity index (χ2n) is 4.00. The number of fused-ring (bicyclic) bond motifs is 1. The molecule has 0 amide bonds. The number of nitrogens with two attached hydrogens (primary N) is 1. The van der Waals surface area contributed by atoms with Gasteiger partial charge in [0.05, 0.1) is 9.79 Å². The van der Waals surface area contributed by atoms with E-state index in [4.69, 9.17) is 14.8 Å². The quantitative estimate of drug-likeness (QED) is 0.326. The van der Waals surface area contributed by atoms with E-state index < -0.39 is 35.8 Å². The molecule has 12 heteroatoms. The third-order valence-electron chi connectivity index (χ3n) is 2.60. The van der Waals surface area contributed by atoms with E-state index >= 15 is 0 Å². The Morgan fingerprint density at radius 1 is 0.818 bits per heavy atom. The molecule has 0 heterocycles. The number of phenols is 1. The molecule has 110 valence electrons. The molecule has 0 fully saturated rings. The van der Waals surface area contributed by atoms with Gasteiger partial charge in [0.15, 0.2) is 0 Å². The zero-order valence-corrected chi connectivity index (χ0v) is 17.3. The number of nitrogen functional groups attached to an aromatic ring is 1. The van der Waals surface area contributed by atoms with Gasteiger partial charge in [0, 0.05) is 76.3 Å². The Bertz CT molecular complexity index is 853. The first-order chi connectivity index (χ1) is 9.00. The smallest absolute Gasteiger partial charge is 0.294 e. The van der Waals surface area contributed by atoms with Crippen molar-refractivity contribution >= 4 is 95.8 Å². The van der Waals surface area contributed by atoms with Crippen LogP contribution in [0.2, 0.25) is 0 Å². The Morgan fingerprint density at radius 3 is 1.64 bits per heavy atom. The summed E-state index contributed by atoms with van der Waals surface area (Å²) in [6.07, 6.45) is 0. The van der Waals surface area contributed by atoms with Gasteiger partial charge in [-0.25, -0.2) is 0 Å². The van der Waals surface area contributed by atoms with E-state index in [2.05, 4.69) is 0 Å². The van der Waals surface area contributed by atoms with Crippen molar-refractivity contribution < 1.29 is 31.0 Å². The monoisotopic (exact) mass is 365 g/mol. The summed E-state index contributed by atoms with van der Waals surface area (Å²) in [5.41, 5.74) is 5.39. The Hall–Kier alpha value is 0.120. The molecule has 0 aliphatic carbocycles. The summed E-state index contributed by atoms with van der Waals surface area (Å²) in [5, 5.41) is 9.66. The van der Waals surface area contributed by atoms with Crippen molar-refractivity contribution in [3.8, 4) is 5.75 Å². The fourth-order valence-corrected chi connectivity index (χ4v) is 2.86. The first-order valence-electron chi connectivity index (χ1n) is 5.01. The zero-order valence-electron chi connectivity index (χ0n) is 11.7. The van der Waals surface area contributed by atoms with Crippen LogP contribution in [-0.4, -0.2) is 90.2 Å². The normalized spacial score (nSPS) is 11.5. The van der Waals surface area contributed by atoms with E-state index in [1.165, 1.54) is 0 Å². The predicted molar refractivity (Wildman–Crippen MR) is 81.2 cm³/mol. The van der Waals surface area contributed by atoms with Crippen LogP contribution in [0.3, 0.4) is 0 Å². The molecule has 5 N–H and O–H groups in total. The summed E-state index contributed by atoms with van der Waals surface area (Å²) in [4.78, 5) is -1.19. The third-order valence-corrected chi connectivity index (χ3v) is 4.26. The van der Waals surface area contributed by atoms with Crippen LogP contribution in [0.25, 0.3) is 10.8 Å². The second kappa shape index (κ2) is 7.34. The Kier molecular flexibility index (Phi) is 7.38. The number of rotatable bonds is 2. The van der Waals surface area contributed by atoms with Crippen molar-refractivity contribution in [2.24, 2.45) is 0 Å². The molecular formula is C10H9NNa2O7S2. The summed E-state index contributed by atoms with van der Waals surface area (Å²) in [6.45, 7) is 0. The maximum absolute atomic E-state index is 11.1. The van der Waals surface area contributed by atoms with Gasteiger partial charge in [0.1, 0.15) is 5.75 Å². The molecule has 8 nitrogen and oxygen atoms in total. The summed E-state index contributed by atoms with van der Waals surface area (Å²) in [6, 6.07) is 3.55. The number of aromatic hydroxyl groups is 1. The van der Waals surface area contributed by atoms with Crippen molar-refractivity contribution in [2.75, 3.05) is 5.73 Å². The van der Waals surface area contributed by atoms with Gasteiger partial charge in [-0.05, 0) is 23.6 Å².